The van der Waals surface area contributed by atoms with Gasteiger partial charge in [-0.1, -0.05) is 12.1 Å². The van der Waals surface area contributed by atoms with Crippen LogP contribution in [0, 0.1) is 11.3 Å². The van der Waals surface area contributed by atoms with Crippen molar-refractivity contribution < 1.29 is 9.53 Å². The molecular weight excluding hydrogens is 384 g/mol. The van der Waals surface area contributed by atoms with Gasteiger partial charge in [0.15, 0.2) is 0 Å². The predicted octanol–water partition coefficient (Wildman–Crippen LogP) is 3.19. The molecule has 29 heavy (non-hydrogen) atoms. The van der Waals surface area contributed by atoms with Crippen LogP contribution < -0.4 is 4.90 Å². The smallest absolute Gasteiger partial charge is 0.255 e. The van der Waals surface area contributed by atoms with Crippen LogP contribution in [0.5, 0.6) is 0 Å². The van der Waals surface area contributed by atoms with E-state index in [4.69, 9.17) is 4.74 Å². The minimum absolute atomic E-state index is 0.0709. The third-order valence-electron chi connectivity index (χ3n) is 5.34. The first-order chi connectivity index (χ1) is 14.3. The molecule has 2 saturated heterocycles. The van der Waals surface area contributed by atoms with E-state index >= 15 is 0 Å². The number of piperazine rings is 1. The second-order valence-electron chi connectivity index (χ2n) is 7.21. The maximum atomic E-state index is 13.2. The molecule has 1 unspecified atom stereocenters. The topological polar surface area (TPSA) is 69.5 Å². The van der Waals surface area contributed by atoms with Gasteiger partial charge in [-0.15, -0.1) is 11.8 Å². The van der Waals surface area contributed by atoms with E-state index in [0.717, 1.165) is 35.7 Å². The molecule has 2 aliphatic heterocycles. The van der Waals surface area contributed by atoms with Crippen molar-refractivity contribution in [3.63, 3.8) is 0 Å². The number of carbonyl (C=O) groups is 1. The monoisotopic (exact) mass is 408 g/mol. The lowest BCUT2D eigenvalue weighted by atomic mass is 10.1. The summed E-state index contributed by atoms with van der Waals surface area (Å²) in [5, 5.41) is 9.31. The van der Waals surface area contributed by atoms with Gasteiger partial charge in [-0.3, -0.25) is 4.79 Å². The van der Waals surface area contributed by atoms with Gasteiger partial charge in [0.25, 0.3) is 5.91 Å². The Kier molecular flexibility index (Phi) is 6.33. The quantitative estimate of drug-likeness (QED) is 0.708. The SMILES string of the molecule is N#Cc1cccnc1N1CCN(C(=O)c2ccccc2SCC2CCCO2)CC1. The van der Waals surface area contributed by atoms with Gasteiger partial charge in [-0.05, 0) is 37.1 Å². The van der Waals surface area contributed by atoms with E-state index in [1.807, 2.05) is 29.2 Å². The Morgan fingerprint density at radius 1 is 1.21 bits per heavy atom. The number of ether oxygens (including phenoxy) is 1. The summed E-state index contributed by atoms with van der Waals surface area (Å²) in [7, 11) is 0. The molecule has 6 nitrogen and oxygen atoms in total. The summed E-state index contributed by atoms with van der Waals surface area (Å²) in [6, 6.07) is 13.6. The van der Waals surface area contributed by atoms with Crippen molar-refractivity contribution in [2.45, 2.75) is 23.8 Å². The fourth-order valence-corrected chi connectivity index (χ4v) is 4.87. The molecular formula is C22H24N4O2S. The maximum Gasteiger partial charge on any atom is 0.255 e. The Morgan fingerprint density at radius 3 is 2.79 bits per heavy atom. The standard InChI is InChI=1S/C22H24N4O2S/c23-15-17-5-3-9-24-21(17)25-10-12-26(13-11-25)22(27)19-7-1-2-8-20(19)29-16-18-6-4-14-28-18/h1-3,5,7-9,18H,4,6,10-14,16H2. The molecule has 2 aromatic rings. The van der Waals surface area contributed by atoms with E-state index in [0.29, 0.717) is 43.7 Å². The molecule has 150 valence electrons. The average Bonchev–Trinajstić information content (AvgIpc) is 3.31. The number of thioether (sulfide) groups is 1. The van der Waals surface area contributed by atoms with Crippen LogP contribution in [-0.2, 0) is 4.74 Å². The fraction of sp³-hybridized carbons (Fsp3) is 0.409. The lowest BCUT2D eigenvalue weighted by molar-refractivity contribution is 0.0743. The summed E-state index contributed by atoms with van der Waals surface area (Å²) in [6.45, 7) is 3.42. The fourth-order valence-electron chi connectivity index (χ4n) is 3.76. The van der Waals surface area contributed by atoms with Crippen molar-refractivity contribution in [3.8, 4) is 6.07 Å². The van der Waals surface area contributed by atoms with Gasteiger partial charge in [-0.25, -0.2) is 4.98 Å². The van der Waals surface area contributed by atoms with Crippen LogP contribution in [0.15, 0.2) is 47.5 Å². The second-order valence-corrected chi connectivity index (χ2v) is 8.27. The first kappa shape index (κ1) is 19.7. The average molecular weight is 409 g/mol. The third-order valence-corrected chi connectivity index (χ3v) is 6.55. The summed E-state index contributed by atoms with van der Waals surface area (Å²) >= 11 is 1.71. The number of rotatable bonds is 5. The normalized spacial score (nSPS) is 19.2. The third kappa shape index (κ3) is 4.55. The van der Waals surface area contributed by atoms with Gasteiger partial charge in [0, 0.05) is 49.6 Å². The van der Waals surface area contributed by atoms with Crippen LogP contribution in [0.4, 0.5) is 5.82 Å². The van der Waals surface area contributed by atoms with Crippen molar-refractivity contribution in [3.05, 3.63) is 53.7 Å². The van der Waals surface area contributed by atoms with Crippen molar-refractivity contribution in [1.82, 2.24) is 9.88 Å². The lowest BCUT2D eigenvalue weighted by Gasteiger charge is -2.36. The summed E-state index contributed by atoms with van der Waals surface area (Å²) in [5.74, 6) is 1.66. The highest BCUT2D eigenvalue weighted by molar-refractivity contribution is 7.99. The van der Waals surface area contributed by atoms with Gasteiger partial charge in [-0.2, -0.15) is 5.26 Å². The Labute approximate surface area is 175 Å². The highest BCUT2D eigenvalue weighted by Crippen LogP contribution is 2.28. The molecule has 3 heterocycles. The number of carbonyl (C=O) groups excluding carboxylic acids is 1. The highest BCUT2D eigenvalue weighted by Gasteiger charge is 2.26. The Bertz CT molecular complexity index is 900. The van der Waals surface area contributed by atoms with Gasteiger partial charge in [0.1, 0.15) is 11.9 Å². The van der Waals surface area contributed by atoms with Crippen molar-refractivity contribution in [2.75, 3.05) is 43.4 Å². The molecule has 1 amide bonds. The van der Waals surface area contributed by atoms with Gasteiger partial charge in [0.05, 0.1) is 17.2 Å². The summed E-state index contributed by atoms with van der Waals surface area (Å²) in [6.07, 6.45) is 4.22. The maximum absolute atomic E-state index is 13.2. The molecule has 2 fully saturated rings. The molecule has 1 aromatic heterocycles. The second kappa shape index (κ2) is 9.29. The van der Waals surface area contributed by atoms with Gasteiger partial charge in [0.2, 0.25) is 0 Å². The van der Waals surface area contributed by atoms with Crippen molar-refractivity contribution in [1.29, 1.82) is 5.26 Å². The number of aromatic nitrogens is 1. The zero-order chi connectivity index (χ0) is 20.1. The Balaban J connectivity index is 1.40. The van der Waals surface area contributed by atoms with Gasteiger partial charge < -0.3 is 14.5 Å². The molecule has 1 aromatic carbocycles. The first-order valence-electron chi connectivity index (χ1n) is 9.99. The minimum Gasteiger partial charge on any atom is -0.377 e. The van der Waals surface area contributed by atoms with Crippen LogP contribution >= 0.6 is 11.8 Å². The Morgan fingerprint density at radius 2 is 2.03 bits per heavy atom. The van der Waals surface area contributed by atoms with Crippen LogP contribution in [-0.4, -0.2) is 60.4 Å². The highest BCUT2D eigenvalue weighted by atomic mass is 32.2. The Hall–Kier alpha value is -2.56. The number of benzene rings is 1. The van der Waals surface area contributed by atoms with E-state index < -0.39 is 0 Å². The summed E-state index contributed by atoms with van der Waals surface area (Å²) in [5.41, 5.74) is 1.34. The minimum atomic E-state index is 0.0709. The van der Waals surface area contributed by atoms with Gasteiger partial charge >= 0.3 is 0 Å². The number of amides is 1. The molecule has 0 N–H and O–H groups in total. The molecule has 0 saturated carbocycles. The van der Waals surface area contributed by atoms with Crippen LogP contribution in [0.25, 0.3) is 0 Å². The number of hydrogen-bond donors (Lipinski definition) is 0. The summed E-state index contributed by atoms with van der Waals surface area (Å²) < 4.78 is 5.71. The zero-order valence-electron chi connectivity index (χ0n) is 16.3. The van der Waals surface area contributed by atoms with Crippen molar-refractivity contribution >= 4 is 23.5 Å². The number of anilines is 1. The first-order valence-corrected chi connectivity index (χ1v) is 11.0. The molecule has 0 bridgehead atoms. The number of hydrogen-bond acceptors (Lipinski definition) is 6. The van der Waals surface area contributed by atoms with Crippen LogP contribution in [0.3, 0.4) is 0 Å². The molecule has 4 rings (SSSR count). The molecule has 7 heteroatoms. The molecule has 2 aliphatic rings. The number of nitriles is 1. The molecule has 0 aliphatic carbocycles. The number of pyridine rings is 1. The van der Waals surface area contributed by atoms with Crippen LogP contribution in [0.2, 0.25) is 0 Å². The van der Waals surface area contributed by atoms with E-state index in [-0.39, 0.29) is 5.91 Å². The molecule has 0 radical (unpaired) electrons. The largest absolute Gasteiger partial charge is 0.377 e. The van der Waals surface area contributed by atoms with Crippen LogP contribution in [0.1, 0.15) is 28.8 Å². The lowest BCUT2D eigenvalue weighted by Crippen LogP contribution is -2.49. The predicted molar refractivity (Wildman–Crippen MR) is 113 cm³/mol. The van der Waals surface area contributed by atoms with E-state index in [1.165, 1.54) is 0 Å². The van der Waals surface area contributed by atoms with E-state index in [9.17, 15) is 10.1 Å². The molecule has 1 atom stereocenters. The van der Waals surface area contributed by atoms with E-state index in [2.05, 4.69) is 16.0 Å². The molecule has 0 spiro atoms. The van der Waals surface area contributed by atoms with Crippen molar-refractivity contribution in [2.24, 2.45) is 0 Å². The zero-order valence-corrected chi connectivity index (χ0v) is 17.1. The van der Waals surface area contributed by atoms with E-state index in [1.54, 1.807) is 30.1 Å². The summed E-state index contributed by atoms with van der Waals surface area (Å²) in [4.78, 5) is 22.5. The number of nitrogens with zero attached hydrogens (tertiary/aromatic N) is 4.